The number of hydrogen-bond donors (Lipinski definition) is 3. The van der Waals surface area contributed by atoms with E-state index in [9.17, 15) is 18.0 Å². The maximum atomic E-state index is 12.9. The molecular weight excluding hydrogens is 510 g/mol. The Labute approximate surface area is 225 Å². The molecule has 0 saturated heterocycles. The first kappa shape index (κ1) is 30.9. The molecule has 0 radical (unpaired) electrons. The number of urea groups is 1. The quantitative estimate of drug-likeness (QED) is 0.242. The van der Waals surface area contributed by atoms with E-state index >= 15 is 0 Å². The molecule has 3 amide bonds. The van der Waals surface area contributed by atoms with Gasteiger partial charge in [0.1, 0.15) is 11.0 Å². The van der Waals surface area contributed by atoms with Gasteiger partial charge >= 0.3 is 12.1 Å². The van der Waals surface area contributed by atoms with Crippen molar-refractivity contribution in [1.29, 1.82) is 0 Å². The number of nitrogens with zero attached hydrogens (tertiary/aromatic N) is 2. The number of sulfonamides is 1. The van der Waals surface area contributed by atoms with Crippen LogP contribution < -0.4 is 16.4 Å². The van der Waals surface area contributed by atoms with Gasteiger partial charge < -0.3 is 25.4 Å². The molecule has 2 rings (SSSR count). The van der Waals surface area contributed by atoms with Gasteiger partial charge in [0, 0.05) is 39.0 Å². The lowest BCUT2D eigenvalue weighted by molar-refractivity contribution is 0.0300. The van der Waals surface area contributed by atoms with Crippen LogP contribution in [0.3, 0.4) is 0 Å². The molecular formula is C26H39N5O6S. The summed E-state index contributed by atoms with van der Waals surface area (Å²) in [6.07, 6.45) is -0.357. The van der Waals surface area contributed by atoms with Crippen LogP contribution in [-0.4, -0.2) is 82.3 Å². The molecule has 0 fully saturated rings. The van der Waals surface area contributed by atoms with Crippen molar-refractivity contribution in [3.8, 4) is 0 Å². The van der Waals surface area contributed by atoms with Gasteiger partial charge in [0.2, 0.25) is 10.0 Å². The third kappa shape index (κ3) is 9.84. The van der Waals surface area contributed by atoms with E-state index in [0.717, 1.165) is 0 Å². The first-order valence-corrected chi connectivity index (χ1v) is 13.9. The molecule has 0 bridgehead atoms. The minimum atomic E-state index is -3.73. The first-order valence-electron chi connectivity index (χ1n) is 12.4. The van der Waals surface area contributed by atoms with Crippen LogP contribution >= 0.6 is 0 Å². The Hall–Kier alpha value is -3.35. The van der Waals surface area contributed by atoms with Crippen molar-refractivity contribution in [2.24, 2.45) is 0 Å². The summed E-state index contributed by atoms with van der Waals surface area (Å²) in [5.41, 5.74) is 6.63. The molecule has 0 spiro atoms. The van der Waals surface area contributed by atoms with E-state index in [2.05, 4.69) is 10.6 Å². The number of carbonyl (C=O) groups is 2. The van der Waals surface area contributed by atoms with E-state index in [4.69, 9.17) is 15.2 Å². The van der Waals surface area contributed by atoms with Gasteiger partial charge in [-0.3, -0.25) is 5.32 Å². The third-order valence-electron chi connectivity index (χ3n) is 5.53. The van der Waals surface area contributed by atoms with Gasteiger partial charge in [-0.15, -0.1) is 0 Å². The number of unbranched alkanes of at least 4 members (excludes halogenated alkanes) is 1. The van der Waals surface area contributed by atoms with Gasteiger partial charge in [0.05, 0.1) is 18.8 Å². The number of methoxy groups -OCH3 is 1. The lowest BCUT2D eigenvalue weighted by atomic mass is 10.2. The monoisotopic (exact) mass is 549 g/mol. The summed E-state index contributed by atoms with van der Waals surface area (Å²) in [6, 6.07) is 14.8. The molecule has 0 aliphatic rings. The molecule has 12 heteroatoms. The number of para-hydroxylation sites is 2. The van der Waals surface area contributed by atoms with Gasteiger partial charge in [0.25, 0.3) is 0 Å². The normalized spacial score (nSPS) is 12.3. The van der Waals surface area contributed by atoms with Gasteiger partial charge in [-0.2, -0.15) is 0 Å². The zero-order chi connectivity index (χ0) is 28.1. The Morgan fingerprint density at radius 2 is 1.63 bits per heavy atom. The van der Waals surface area contributed by atoms with Crippen LogP contribution in [0.15, 0.2) is 59.5 Å². The molecule has 2 aromatic carbocycles. The number of nitrogen functional groups attached to an aromatic ring is 1. The van der Waals surface area contributed by atoms with E-state index in [-0.39, 0.29) is 42.4 Å². The second-order valence-electron chi connectivity index (χ2n) is 9.10. The van der Waals surface area contributed by atoms with Crippen molar-refractivity contribution in [2.45, 2.75) is 43.7 Å². The highest BCUT2D eigenvalue weighted by Crippen LogP contribution is 2.21. The van der Waals surface area contributed by atoms with Crippen LogP contribution in [0.2, 0.25) is 0 Å². The van der Waals surface area contributed by atoms with E-state index in [1.807, 2.05) is 19.9 Å². The maximum absolute atomic E-state index is 12.9. The van der Waals surface area contributed by atoms with E-state index in [0.29, 0.717) is 25.1 Å². The third-order valence-corrected chi connectivity index (χ3v) is 7.46. The number of ether oxygens (including phenoxy) is 2. The van der Waals surface area contributed by atoms with Crippen molar-refractivity contribution in [3.05, 3.63) is 54.6 Å². The van der Waals surface area contributed by atoms with Crippen LogP contribution in [0, 0.1) is 0 Å². The Bertz CT molecular complexity index is 1130. The molecule has 0 aliphatic heterocycles. The predicted molar refractivity (Wildman–Crippen MR) is 147 cm³/mol. The minimum Gasteiger partial charge on any atom is -0.442 e. The smallest absolute Gasteiger partial charge is 0.412 e. The largest absolute Gasteiger partial charge is 0.442 e. The second kappa shape index (κ2) is 15.2. The molecule has 1 atom stereocenters. The number of amides is 3. The summed E-state index contributed by atoms with van der Waals surface area (Å²) >= 11 is 0. The average Bonchev–Trinajstić information content (AvgIpc) is 2.86. The number of rotatable bonds is 14. The predicted octanol–water partition coefficient (Wildman–Crippen LogP) is 3.35. The van der Waals surface area contributed by atoms with E-state index in [1.165, 1.54) is 24.5 Å². The second-order valence-corrected chi connectivity index (χ2v) is 11.1. The van der Waals surface area contributed by atoms with E-state index < -0.39 is 22.2 Å². The first-order chi connectivity index (χ1) is 18.0. The fraction of sp³-hybridized carbons (Fsp3) is 0.462. The van der Waals surface area contributed by atoms with Crippen LogP contribution in [0.4, 0.5) is 21.0 Å². The summed E-state index contributed by atoms with van der Waals surface area (Å²) in [6.45, 7) is 4.46. The minimum absolute atomic E-state index is 0.0637. The number of benzene rings is 2. The zero-order valence-electron chi connectivity index (χ0n) is 22.4. The number of nitrogens with two attached hydrogens (primary N) is 1. The zero-order valence-corrected chi connectivity index (χ0v) is 23.2. The number of nitrogens with one attached hydrogen (secondary N) is 2. The topological polar surface area (TPSA) is 143 Å². The van der Waals surface area contributed by atoms with Gasteiger partial charge in [0.15, 0.2) is 0 Å². The highest BCUT2D eigenvalue weighted by atomic mass is 32.2. The van der Waals surface area contributed by atoms with Crippen molar-refractivity contribution in [3.63, 3.8) is 0 Å². The molecule has 0 saturated carbocycles. The van der Waals surface area contributed by atoms with Gasteiger partial charge in [-0.1, -0.05) is 30.3 Å². The standard InChI is InChI=1S/C26H39N5O6S/c1-20(2)28-25(32)31(18-22(19-36-4)37-26(33)29-21-12-6-5-7-13-21)17-11-10-16-30(3)38(34,35)24-15-9-8-14-23(24)27/h5-9,12-15,20,22H,10-11,16-19,27H2,1-4H3,(H,28,32)(H,29,33)/t22-/m1/s1. The highest BCUT2D eigenvalue weighted by molar-refractivity contribution is 7.89. The fourth-order valence-corrected chi connectivity index (χ4v) is 4.95. The molecule has 2 aromatic rings. The Balaban J connectivity index is 1.98. The van der Waals surface area contributed by atoms with Gasteiger partial charge in [-0.25, -0.2) is 22.3 Å². The van der Waals surface area contributed by atoms with Crippen LogP contribution in [0.25, 0.3) is 0 Å². The number of hydrogen-bond acceptors (Lipinski definition) is 7. The van der Waals surface area contributed by atoms with Crippen molar-refractivity contribution < 1.29 is 27.5 Å². The lowest BCUT2D eigenvalue weighted by Gasteiger charge is -2.28. The molecule has 38 heavy (non-hydrogen) atoms. The molecule has 0 aromatic heterocycles. The van der Waals surface area contributed by atoms with Gasteiger partial charge in [-0.05, 0) is 51.0 Å². The maximum Gasteiger partial charge on any atom is 0.412 e. The highest BCUT2D eigenvalue weighted by Gasteiger charge is 2.24. The molecule has 4 N–H and O–H groups in total. The Kier molecular flexibility index (Phi) is 12.3. The SMILES string of the molecule is COC[C@@H](CN(CCCCN(C)S(=O)(=O)c1ccccc1N)C(=O)NC(C)C)OC(=O)Nc1ccccc1. The van der Waals surface area contributed by atoms with E-state index in [1.54, 1.807) is 47.4 Å². The molecule has 0 unspecified atom stereocenters. The molecule has 0 heterocycles. The fourth-order valence-electron chi connectivity index (χ4n) is 3.63. The van der Waals surface area contributed by atoms with Crippen molar-refractivity contribution >= 4 is 33.5 Å². The van der Waals surface area contributed by atoms with Crippen LogP contribution in [-0.2, 0) is 19.5 Å². The van der Waals surface area contributed by atoms with Crippen LogP contribution in [0.5, 0.6) is 0 Å². The van der Waals surface area contributed by atoms with Crippen molar-refractivity contribution in [2.75, 3.05) is 51.4 Å². The molecule has 11 nitrogen and oxygen atoms in total. The summed E-state index contributed by atoms with van der Waals surface area (Å²) < 4.78 is 37.7. The summed E-state index contributed by atoms with van der Waals surface area (Å²) in [5.74, 6) is 0. The van der Waals surface area contributed by atoms with Crippen molar-refractivity contribution in [1.82, 2.24) is 14.5 Å². The average molecular weight is 550 g/mol. The summed E-state index contributed by atoms with van der Waals surface area (Å²) in [4.78, 5) is 26.9. The van der Waals surface area contributed by atoms with Crippen LogP contribution in [0.1, 0.15) is 26.7 Å². The lowest BCUT2D eigenvalue weighted by Crippen LogP contribution is -2.48. The number of carbonyl (C=O) groups excluding carboxylic acids is 2. The summed E-state index contributed by atoms with van der Waals surface area (Å²) in [5, 5.41) is 5.51. The Morgan fingerprint density at radius 1 is 1.00 bits per heavy atom. The molecule has 0 aliphatic carbocycles. The number of anilines is 2. The Morgan fingerprint density at radius 3 is 2.26 bits per heavy atom. The molecule has 210 valence electrons. The summed E-state index contributed by atoms with van der Waals surface area (Å²) in [7, 11) is -0.749.